The summed E-state index contributed by atoms with van der Waals surface area (Å²) in [7, 11) is 1.37. The highest BCUT2D eigenvalue weighted by Gasteiger charge is 2.26. The minimum Gasteiger partial charge on any atom is -0.469 e. The maximum absolute atomic E-state index is 12.2. The van der Waals surface area contributed by atoms with Gasteiger partial charge in [0.1, 0.15) is 0 Å². The third-order valence-corrected chi connectivity index (χ3v) is 4.77. The molecule has 134 valence electrons. The van der Waals surface area contributed by atoms with Gasteiger partial charge in [-0.3, -0.25) is 9.59 Å². The van der Waals surface area contributed by atoms with Crippen molar-refractivity contribution in [1.82, 2.24) is 4.57 Å². The van der Waals surface area contributed by atoms with E-state index in [4.69, 9.17) is 10.5 Å². The van der Waals surface area contributed by atoms with E-state index in [-0.39, 0.29) is 18.4 Å². The van der Waals surface area contributed by atoms with Gasteiger partial charge in [-0.2, -0.15) is 0 Å². The summed E-state index contributed by atoms with van der Waals surface area (Å²) in [6.07, 6.45) is 0.721. The van der Waals surface area contributed by atoms with Crippen molar-refractivity contribution >= 4 is 27.8 Å². The van der Waals surface area contributed by atoms with Crippen LogP contribution < -0.4 is 5.73 Å². The number of esters is 1. The van der Waals surface area contributed by atoms with E-state index >= 15 is 0 Å². The second-order valence-corrected chi connectivity index (χ2v) is 7.11. The molecule has 0 aliphatic rings. The van der Waals surface area contributed by atoms with Gasteiger partial charge in [0.2, 0.25) is 0 Å². The number of hydrogen-bond donors (Lipinski definition) is 1. The molecule has 25 heavy (non-hydrogen) atoms. The van der Waals surface area contributed by atoms with Crippen molar-refractivity contribution in [3.8, 4) is 11.1 Å². The molecule has 6 heteroatoms. The van der Waals surface area contributed by atoms with Crippen LogP contribution in [0, 0.1) is 6.92 Å². The van der Waals surface area contributed by atoms with Crippen LogP contribution in [0.4, 0.5) is 0 Å². The van der Waals surface area contributed by atoms with Crippen LogP contribution in [0.1, 0.15) is 48.1 Å². The number of amides is 1. The maximum Gasteiger partial charge on any atom is 0.305 e. The zero-order valence-corrected chi connectivity index (χ0v) is 16.5. The number of benzene rings is 1. The fourth-order valence-electron chi connectivity index (χ4n) is 3.26. The Labute approximate surface area is 156 Å². The maximum atomic E-state index is 12.2. The van der Waals surface area contributed by atoms with E-state index in [1.165, 1.54) is 7.11 Å². The molecule has 0 fully saturated rings. The molecule has 1 heterocycles. The number of nitrogens with two attached hydrogens (primary N) is 1. The minimum atomic E-state index is -0.464. The van der Waals surface area contributed by atoms with E-state index in [9.17, 15) is 9.59 Å². The number of carbonyl (C=O) groups excluding carboxylic acids is 2. The topological polar surface area (TPSA) is 74.3 Å². The smallest absolute Gasteiger partial charge is 0.305 e. The van der Waals surface area contributed by atoms with E-state index in [1.54, 1.807) is 0 Å². The van der Waals surface area contributed by atoms with Gasteiger partial charge in [0.05, 0.1) is 19.1 Å². The van der Waals surface area contributed by atoms with E-state index in [0.29, 0.717) is 12.0 Å². The van der Waals surface area contributed by atoms with Crippen molar-refractivity contribution in [3.63, 3.8) is 0 Å². The summed E-state index contributed by atoms with van der Waals surface area (Å²) in [6.45, 7) is 5.99. The SMILES string of the molecule is COC(=O)CCc1c(-c2ccc(Br)cc2)c(C(N)=O)c(C)n1C(C)C. The molecule has 2 N–H and O–H groups in total. The van der Waals surface area contributed by atoms with Gasteiger partial charge in [0.25, 0.3) is 5.91 Å². The molecule has 0 saturated carbocycles. The lowest BCUT2D eigenvalue weighted by Gasteiger charge is -2.16. The fraction of sp³-hybridized carbons (Fsp3) is 0.368. The number of methoxy groups -OCH3 is 1. The Morgan fingerprint density at radius 1 is 1.24 bits per heavy atom. The molecule has 0 spiro atoms. The van der Waals surface area contributed by atoms with E-state index in [2.05, 4.69) is 20.5 Å². The number of hydrogen-bond acceptors (Lipinski definition) is 3. The first-order chi connectivity index (χ1) is 11.8. The predicted octanol–water partition coefficient (Wildman–Crippen LogP) is 4.01. The molecule has 0 unspecified atom stereocenters. The molecule has 5 nitrogen and oxygen atoms in total. The summed E-state index contributed by atoms with van der Waals surface area (Å²) >= 11 is 3.43. The van der Waals surface area contributed by atoms with Gasteiger partial charge < -0.3 is 15.0 Å². The Bertz CT molecular complexity index is 792. The Morgan fingerprint density at radius 2 is 1.84 bits per heavy atom. The molecule has 0 atom stereocenters. The number of nitrogens with zero attached hydrogens (tertiary/aromatic N) is 1. The predicted molar refractivity (Wildman–Crippen MR) is 102 cm³/mol. The van der Waals surface area contributed by atoms with Crippen LogP contribution in [-0.2, 0) is 16.0 Å². The molecule has 2 rings (SSSR count). The van der Waals surface area contributed by atoms with Crippen molar-refractivity contribution in [2.75, 3.05) is 7.11 Å². The number of rotatable bonds is 6. The molecule has 0 aliphatic carbocycles. The Balaban J connectivity index is 2.71. The van der Waals surface area contributed by atoms with Gasteiger partial charge in [0.15, 0.2) is 0 Å². The Morgan fingerprint density at radius 3 is 2.32 bits per heavy atom. The van der Waals surface area contributed by atoms with Gasteiger partial charge in [-0.15, -0.1) is 0 Å². The van der Waals surface area contributed by atoms with Crippen LogP contribution in [0.5, 0.6) is 0 Å². The molecule has 0 radical (unpaired) electrons. The van der Waals surface area contributed by atoms with Crippen LogP contribution in [0.25, 0.3) is 11.1 Å². The number of ether oxygens (including phenoxy) is 1. The van der Waals surface area contributed by atoms with Gasteiger partial charge in [-0.1, -0.05) is 28.1 Å². The largest absolute Gasteiger partial charge is 0.469 e. The van der Waals surface area contributed by atoms with Crippen molar-refractivity contribution < 1.29 is 14.3 Å². The van der Waals surface area contributed by atoms with Gasteiger partial charge in [-0.05, 0) is 44.9 Å². The Hall–Kier alpha value is -2.08. The first-order valence-electron chi connectivity index (χ1n) is 8.14. The highest BCUT2D eigenvalue weighted by atomic mass is 79.9. The molecular weight excluding hydrogens is 384 g/mol. The fourth-order valence-corrected chi connectivity index (χ4v) is 3.53. The van der Waals surface area contributed by atoms with E-state index < -0.39 is 5.91 Å². The van der Waals surface area contributed by atoms with Gasteiger partial charge >= 0.3 is 5.97 Å². The highest BCUT2D eigenvalue weighted by molar-refractivity contribution is 9.10. The van der Waals surface area contributed by atoms with Crippen molar-refractivity contribution in [1.29, 1.82) is 0 Å². The van der Waals surface area contributed by atoms with Crippen molar-refractivity contribution in [2.45, 2.75) is 39.7 Å². The van der Waals surface area contributed by atoms with Crippen LogP contribution in [0.15, 0.2) is 28.7 Å². The van der Waals surface area contributed by atoms with Crippen molar-refractivity contribution in [3.05, 3.63) is 45.7 Å². The molecule has 2 aromatic rings. The van der Waals surface area contributed by atoms with Crippen LogP contribution in [0.3, 0.4) is 0 Å². The van der Waals surface area contributed by atoms with E-state index in [1.807, 2.05) is 45.0 Å². The number of aromatic nitrogens is 1. The zero-order chi connectivity index (χ0) is 18.7. The summed E-state index contributed by atoms with van der Waals surface area (Å²) in [4.78, 5) is 23.8. The molecular formula is C19H23BrN2O3. The van der Waals surface area contributed by atoms with Crippen LogP contribution >= 0.6 is 15.9 Å². The summed E-state index contributed by atoms with van der Waals surface area (Å²) in [6, 6.07) is 7.86. The average Bonchev–Trinajstić information content (AvgIpc) is 2.85. The molecule has 0 saturated heterocycles. The molecule has 1 aromatic carbocycles. The lowest BCUT2D eigenvalue weighted by atomic mass is 9.98. The first-order valence-corrected chi connectivity index (χ1v) is 8.93. The standard InChI is InChI=1S/C19H23BrN2O3/c1-11(2)22-12(3)17(19(21)24)18(13-5-7-14(20)8-6-13)15(22)9-10-16(23)25-4/h5-8,11H,9-10H2,1-4H3,(H2,21,24). The third kappa shape index (κ3) is 3.95. The van der Waals surface area contributed by atoms with Crippen LogP contribution in [-0.4, -0.2) is 23.6 Å². The van der Waals surface area contributed by atoms with Crippen LogP contribution in [0.2, 0.25) is 0 Å². The molecule has 1 amide bonds. The minimum absolute atomic E-state index is 0.134. The molecule has 0 aliphatic heterocycles. The monoisotopic (exact) mass is 406 g/mol. The number of halogens is 1. The summed E-state index contributed by atoms with van der Waals surface area (Å²) in [5, 5.41) is 0. The summed E-state index contributed by atoms with van der Waals surface area (Å²) < 4.78 is 7.81. The average molecular weight is 407 g/mol. The molecule has 0 bridgehead atoms. The van der Waals surface area contributed by atoms with Gasteiger partial charge in [-0.25, -0.2) is 0 Å². The normalized spacial score (nSPS) is 11.0. The third-order valence-electron chi connectivity index (χ3n) is 4.24. The lowest BCUT2D eigenvalue weighted by Crippen LogP contribution is -2.14. The second-order valence-electron chi connectivity index (χ2n) is 6.19. The first kappa shape index (κ1) is 19.2. The summed E-state index contributed by atoms with van der Waals surface area (Å²) in [5.74, 6) is -0.745. The second kappa shape index (κ2) is 7.87. The highest BCUT2D eigenvalue weighted by Crippen LogP contribution is 2.36. The van der Waals surface area contributed by atoms with E-state index in [0.717, 1.165) is 27.0 Å². The lowest BCUT2D eigenvalue weighted by molar-refractivity contribution is -0.140. The number of carbonyl (C=O) groups is 2. The number of primary amides is 1. The zero-order valence-electron chi connectivity index (χ0n) is 14.9. The Kier molecular flexibility index (Phi) is 6.06. The molecule has 1 aromatic heterocycles. The van der Waals surface area contributed by atoms with Gasteiger partial charge in [0, 0.05) is 27.5 Å². The quantitative estimate of drug-likeness (QED) is 0.736. The summed E-state index contributed by atoms with van der Waals surface area (Å²) in [5.41, 5.74) is 9.65. The van der Waals surface area contributed by atoms with Crippen molar-refractivity contribution in [2.24, 2.45) is 5.73 Å².